The number of ether oxygens (including phenoxy) is 4. The summed E-state index contributed by atoms with van der Waals surface area (Å²) in [5, 5.41) is 3.89. The van der Waals surface area contributed by atoms with Crippen LogP contribution in [-0.4, -0.2) is 143 Å². The Morgan fingerprint density at radius 2 is 0.635 bits per heavy atom. The van der Waals surface area contributed by atoms with E-state index in [1.165, 1.54) is 0 Å². The van der Waals surface area contributed by atoms with E-state index in [0.717, 1.165) is 12.8 Å². The molecule has 4 heterocycles. The number of hydrogen-bond acceptors (Lipinski definition) is 14. The van der Waals surface area contributed by atoms with Gasteiger partial charge in [-0.2, -0.15) is 10.1 Å². The average molecular weight is 893 g/mol. The fraction of sp³-hybridized carbons (Fsp3) is 0.918. The van der Waals surface area contributed by atoms with Crippen molar-refractivity contribution < 1.29 is 47.8 Å². The molecular weight excluding hydrogens is 805 g/mol. The lowest BCUT2D eigenvalue weighted by Crippen LogP contribution is -2.49. The minimum atomic E-state index is -1.56. The van der Waals surface area contributed by atoms with Gasteiger partial charge in [0.15, 0.2) is 0 Å². The second kappa shape index (κ2) is 18.4. The Kier molecular flexibility index (Phi) is 15.5. The summed E-state index contributed by atoms with van der Waals surface area (Å²) in [5.41, 5.74) is -3.81. The van der Waals surface area contributed by atoms with Gasteiger partial charge in [-0.25, -0.2) is 0 Å². The van der Waals surface area contributed by atoms with E-state index < -0.39 is 53.2 Å². The third-order valence-electron chi connectivity index (χ3n) is 16.9. The molecule has 0 aromatic carbocycles. The highest BCUT2D eigenvalue weighted by Crippen LogP contribution is 2.48. The Labute approximate surface area is 381 Å². The first kappa shape index (κ1) is 53.3. The predicted molar refractivity (Wildman–Crippen MR) is 243 cm³/mol. The van der Waals surface area contributed by atoms with Crippen LogP contribution in [0.2, 0.25) is 0 Å². The number of carbonyl (C=O) groups is 4. The normalized spacial score (nSPS) is 30.2. The minimum Gasteiger partial charge on any atom is -0.465 e. The maximum Gasteiger partial charge on any atom is 0.306 e. The number of hydroxylamine groups is 4. The quantitative estimate of drug-likeness (QED) is 0.0987. The zero-order chi connectivity index (χ0) is 48.2. The van der Waals surface area contributed by atoms with Crippen LogP contribution in [0.4, 0.5) is 0 Å². The van der Waals surface area contributed by atoms with Gasteiger partial charge in [0.25, 0.3) is 0 Å². The van der Waals surface area contributed by atoms with Gasteiger partial charge in [-0.1, -0.05) is 0 Å². The molecule has 0 radical (unpaired) electrons. The molecule has 4 atom stereocenters. The van der Waals surface area contributed by atoms with Gasteiger partial charge in [0, 0.05) is 73.4 Å². The first-order chi connectivity index (χ1) is 28.5. The molecule has 0 saturated carbocycles. The molecule has 0 bridgehead atoms. The Morgan fingerprint density at radius 1 is 0.413 bits per heavy atom. The molecule has 63 heavy (non-hydrogen) atoms. The van der Waals surface area contributed by atoms with Gasteiger partial charge in [0.1, 0.15) is 0 Å². The number of nitrogens with zero attached hydrogens (tertiary/aromatic N) is 4. The van der Waals surface area contributed by atoms with Crippen LogP contribution in [-0.2, 0) is 47.8 Å². The second-order valence-corrected chi connectivity index (χ2v) is 24.5. The summed E-state index contributed by atoms with van der Waals surface area (Å²) >= 11 is 0. The van der Waals surface area contributed by atoms with E-state index >= 15 is 0 Å². The Hall–Kier alpha value is -2.36. The van der Waals surface area contributed by atoms with Gasteiger partial charge in [-0.05, 0) is 151 Å². The lowest BCUT2D eigenvalue weighted by molar-refractivity contribution is -0.225. The summed E-state index contributed by atoms with van der Waals surface area (Å²) in [6, 6.07) is 0. The van der Waals surface area contributed by atoms with Crippen molar-refractivity contribution in [1.29, 1.82) is 0 Å². The van der Waals surface area contributed by atoms with Gasteiger partial charge in [-0.3, -0.25) is 29.0 Å². The van der Waals surface area contributed by atoms with Crippen LogP contribution < -0.4 is 0 Å². The van der Waals surface area contributed by atoms with Gasteiger partial charge in [-0.15, -0.1) is 0 Å². The molecule has 364 valence electrons. The average Bonchev–Trinajstić information content (AvgIpc) is 3.58. The van der Waals surface area contributed by atoms with Gasteiger partial charge in [0.05, 0.1) is 66.3 Å². The zero-order valence-corrected chi connectivity index (χ0v) is 43.2. The Balaban J connectivity index is 1.64. The molecule has 0 aliphatic carbocycles. The van der Waals surface area contributed by atoms with Crippen molar-refractivity contribution in [3.63, 3.8) is 0 Å². The number of carbonyl (C=O) groups excluding carboxylic acids is 4. The standard InChI is InChI=1S/C49H88N4O10/c1-41(2)21-33(45(9,10)50(41)17)29-60-37(54)25-49(26-38(55)61-30-34-22-42(3,4)51(18)46(34,11)12,27-39(56)62-31-35-23-43(5,6)52(58-19)47(35,13)14)28-40(57)63-32-36-24-44(7,8)53(59-20)48(36,15)16/h33-36H,21-32H2,1-20H3. The second-order valence-electron chi connectivity index (χ2n) is 24.5. The third kappa shape index (κ3) is 11.1. The summed E-state index contributed by atoms with van der Waals surface area (Å²) in [4.78, 5) is 73.1. The van der Waals surface area contributed by atoms with Gasteiger partial charge in [0.2, 0.25) is 0 Å². The number of likely N-dealkylation sites (tertiary alicyclic amines) is 2. The molecular formula is C49H88N4O10. The highest BCUT2D eigenvalue weighted by atomic mass is 16.7. The summed E-state index contributed by atoms with van der Waals surface area (Å²) in [6.07, 6.45) is 1.47. The van der Waals surface area contributed by atoms with Crippen LogP contribution in [0.15, 0.2) is 0 Å². The zero-order valence-electron chi connectivity index (χ0n) is 43.2. The van der Waals surface area contributed by atoms with Crippen LogP contribution in [0.3, 0.4) is 0 Å². The Bertz CT molecular complexity index is 1550. The monoisotopic (exact) mass is 893 g/mol. The van der Waals surface area contributed by atoms with Crippen molar-refractivity contribution >= 4 is 23.9 Å². The van der Waals surface area contributed by atoms with Crippen LogP contribution in [0.25, 0.3) is 0 Å². The summed E-state index contributed by atoms with van der Waals surface area (Å²) in [6.45, 7) is 34.4. The van der Waals surface area contributed by atoms with Crippen molar-refractivity contribution in [2.45, 2.75) is 206 Å². The first-order valence-electron chi connectivity index (χ1n) is 23.3. The van der Waals surface area contributed by atoms with Crippen molar-refractivity contribution in [2.24, 2.45) is 29.1 Å². The Morgan fingerprint density at radius 3 is 0.825 bits per heavy atom. The van der Waals surface area contributed by atoms with Crippen LogP contribution >= 0.6 is 0 Å². The van der Waals surface area contributed by atoms with Crippen LogP contribution in [0.5, 0.6) is 0 Å². The van der Waals surface area contributed by atoms with Crippen LogP contribution in [0, 0.1) is 29.1 Å². The van der Waals surface area contributed by atoms with Crippen LogP contribution in [0.1, 0.15) is 162 Å². The summed E-state index contributed by atoms with van der Waals surface area (Å²) in [5.74, 6) is -2.54. The molecule has 0 aromatic rings. The molecule has 4 saturated heterocycles. The molecule has 0 N–H and O–H groups in total. The number of esters is 4. The lowest BCUT2D eigenvalue weighted by atomic mass is 9.75. The summed E-state index contributed by atoms with van der Waals surface area (Å²) in [7, 11) is 7.46. The van der Waals surface area contributed by atoms with Crippen molar-refractivity contribution in [3.05, 3.63) is 0 Å². The fourth-order valence-corrected chi connectivity index (χ4v) is 12.4. The first-order valence-corrected chi connectivity index (χ1v) is 23.3. The molecule has 0 spiro atoms. The van der Waals surface area contributed by atoms with E-state index in [-0.39, 0.29) is 96.2 Å². The summed E-state index contributed by atoms with van der Waals surface area (Å²) < 4.78 is 24.3. The van der Waals surface area contributed by atoms with Crippen molar-refractivity contribution in [3.8, 4) is 0 Å². The molecule has 4 fully saturated rings. The predicted octanol–water partition coefficient (Wildman–Crippen LogP) is 7.60. The molecule has 0 amide bonds. The van der Waals surface area contributed by atoms with E-state index in [0.29, 0.717) is 12.8 Å². The maximum absolute atomic E-state index is 14.2. The SMILES string of the molecule is CON1C(C)(C)CC(COC(=O)CC(CC(=O)OCC2CC(C)(C)N(C)C2(C)C)(CC(=O)OCC2CC(C)(C)N(C)C2(C)C)CC(=O)OCC2CC(C)(C)N(OC)C2(C)C)C1(C)C. The van der Waals surface area contributed by atoms with Gasteiger partial charge >= 0.3 is 23.9 Å². The molecule has 4 aliphatic rings. The molecule has 4 aliphatic heterocycles. The van der Waals surface area contributed by atoms with Gasteiger partial charge < -0.3 is 28.6 Å². The molecule has 14 nitrogen and oxygen atoms in total. The van der Waals surface area contributed by atoms with E-state index in [9.17, 15) is 19.2 Å². The number of rotatable bonds is 18. The van der Waals surface area contributed by atoms with Crippen molar-refractivity contribution in [2.75, 3.05) is 54.7 Å². The molecule has 14 heteroatoms. The lowest BCUT2D eigenvalue weighted by Gasteiger charge is -2.39. The number of hydrogen-bond donors (Lipinski definition) is 0. The van der Waals surface area contributed by atoms with E-state index in [2.05, 4.69) is 135 Å². The molecule has 4 rings (SSSR count). The fourth-order valence-electron chi connectivity index (χ4n) is 12.4. The molecule has 4 unspecified atom stereocenters. The molecule has 0 aromatic heterocycles. The maximum atomic E-state index is 14.2. The van der Waals surface area contributed by atoms with Crippen molar-refractivity contribution in [1.82, 2.24) is 19.9 Å². The minimum absolute atomic E-state index is 0.0317. The smallest absolute Gasteiger partial charge is 0.306 e. The topological polar surface area (TPSA) is 137 Å². The highest BCUT2D eigenvalue weighted by Gasteiger charge is 2.55. The van der Waals surface area contributed by atoms with E-state index in [1.807, 2.05) is 10.1 Å². The third-order valence-corrected chi connectivity index (χ3v) is 16.9. The highest BCUT2D eigenvalue weighted by molar-refractivity contribution is 5.81. The van der Waals surface area contributed by atoms with E-state index in [1.54, 1.807) is 14.2 Å². The largest absolute Gasteiger partial charge is 0.465 e. The van der Waals surface area contributed by atoms with E-state index in [4.69, 9.17) is 28.6 Å².